The molecule has 0 fully saturated rings. The van der Waals surface area contributed by atoms with Crippen molar-refractivity contribution in [3.63, 3.8) is 0 Å². The Kier molecular flexibility index (Phi) is 3.60. The minimum Gasteiger partial charge on any atom is -0.254 e. The third-order valence-electron chi connectivity index (χ3n) is 1.88. The summed E-state index contributed by atoms with van der Waals surface area (Å²) in [7, 11) is 0. The topological polar surface area (TPSA) is 36.7 Å². The second-order valence-electron chi connectivity index (χ2n) is 2.99. The van der Waals surface area contributed by atoms with Crippen LogP contribution >= 0.6 is 0 Å². The van der Waals surface area contributed by atoms with Gasteiger partial charge in [-0.05, 0) is 0 Å². The lowest BCUT2D eigenvalue weighted by atomic mass is 10.1. The van der Waals surface area contributed by atoms with Crippen molar-refractivity contribution < 1.29 is 26.3 Å². The molecule has 0 aromatic carbocycles. The maximum absolute atomic E-state index is 13.3. The van der Waals surface area contributed by atoms with Crippen LogP contribution < -0.4 is 0 Å². The lowest BCUT2D eigenvalue weighted by Gasteiger charge is -2.13. The molecule has 1 aromatic rings. The van der Waals surface area contributed by atoms with Crippen molar-refractivity contribution in [3.8, 4) is 6.07 Å². The summed E-state index contributed by atoms with van der Waals surface area (Å²) in [5.41, 5.74) is -4.44. The molecule has 0 bridgehead atoms. The van der Waals surface area contributed by atoms with Crippen LogP contribution in [0.3, 0.4) is 0 Å². The van der Waals surface area contributed by atoms with Crippen LogP contribution in [0.25, 0.3) is 0 Å². The third-order valence-corrected chi connectivity index (χ3v) is 1.88. The molecule has 1 heterocycles. The summed E-state index contributed by atoms with van der Waals surface area (Å²) in [5, 5.41) is 8.24. The molecule has 17 heavy (non-hydrogen) atoms. The van der Waals surface area contributed by atoms with E-state index in [4.69, 9.17) is 5.26 Å². The number of pyridine rings is 1. The Hall–Kier alpha value is -1.78. The Morgan fingerprint density at radius 2 is 1.94 bits per heavy atom. The van der Waals surface area contributed by atoms with Crippen molar-refractivity contribution in [2.75, 3.05) is 0 Å². The second kappa shape index (κ2) is 4.61. The van der Waals surface area contributed by atoms with Crippen LogP contribution in [0, 0.1) is 17.1 Å². The quantitative estimate of drug-likeness (QED) is 0.759. The van der Waals surface area contributed by atoms with E-state index >= 15 is 0 Å². The zero-order chi connectivity index (χ0) is 13.2. The number of nitrogens with zero attached hydrogens (tertiary/aromatic N) is 2. The lowest BCUT2D eigenvalue weighted by Crippen LogP contribution is -2.16. The monoisotopic (exact) mass is 254 g/mol. The van der Waals surface area contributed by atoms with E-state index in [1.165, 1.54) is 6.07 Å². The molecule has 0 amide bonds. The first-order valence-corrected chi connectivity index (χ1v) is 4.18. The summed E-state index contributed by atoms with van der Waals surface area (Å²) in [4.78, 5) is 2.86. The van der Waals surface area contributed by atoms with Gasteiger partial charge in [0.1, 0.15) is 17.1 Å². The SMILES string of the molecule is N#CCc1cnc(C(F)F)c(C(F)(F)F)c1F. The van der Waals surface area contributed by atoms with E-state index in [0.717, 1.165) is 0 Å². The molecule has 2 nitrogen and oxygen atoms in total. The smallest absolute Gasteiger partial charge is 0.254 e. The predicted octanol–water partition coefficient (Wildman–Crippen LogP) is 3.24. The highest BCUT2D eigenvalue weighted by Gasteiger charge is 2.41. The summed E-state index contributed by atoms with van der Waals surface area (Å²) >= 11 is 0. The molecule has 0 radical (unpaired) electrons. The predicted molar refractivity (Wildman–Crippen MR) is 43.5 cm³/mol. The number of hydrogen-bond acceptors (Lipinski definition) is 2. The van der Waals surface area contributed by atoms with Crippen LogP contribution in [0.2, 0.25) is 0 Å². The Bertz CT molecular complexity index is 460. The summed E-state index contributed by atoms with van der Waals surface area (Å²) in [6.07, 6.45) is -8.99. The first-order valence-electron chi connectivity index (χ1n) is 4.18. The minimum atomic E-state index is -5.28. The zero-order valence-electron chi connectivity index (χ0n) is 8.02. The number of nitriles is 1. The first-order chi connectivity index (χ1) is 7.79. The van der Waals surface area contributed by atoms with Crippen LogP contribution in [-0.4, -0.2) is 4.98 Å². The summed E-state index contributed by atoms with van der Waals surface area (Å²) in [6.45, 7) is 0. The minimum absolute atomic E-state index is 0.509. The Balaban J connectivity index is 3.49. The fraction of sp³-hybridized carbons (Fsp3) is 0.333. The first kappa shape index (κ1) is 13.3. The van der Waals surface area contributed by atoms with Crippen LogP contribution in [0.15, 0.2) is 6.20 Å². The molecule has 0 N–H and O–H groups in total. The molecule has 0 saturated carbocycles. The van der Waals surface area contributed by atoms with Gasteiger partial charge >= 0.3 is 6.18 Å². The molecule has 0 aliphatic rings. The van der Waals surface area contributed by atoms with E-state index in [-0.39, 0.29) is 0 Å². The molecule has 1 aromatic heterocycles. The van der Waals surface area contributed by atoms with Gasteiger partial charge in [0.05, 0.1) is 12.5 Å². The van der Waals surface area contributed by atoms with Gasteiger partial charge in [-0.3, -0.25) is 4.98 Å². The van der Waals surface area contributed by atoms with Crippen LogP contribution in [-0.2, 0) is 12.6 Å². The van der Waals surface area contributed by atoms with Gasteiger partial charge in [-0.1, -0.05) is 0 Å². The highest BCUT2D eigenvalue weighted by molar-refractivity contribution is 5.32. The molecule has 0 aliphatic heterocycles. The number of rotatable bonds is 2. The van der Waals surface area contributed by atoms with Crippen LogP contribution in [0.4, 0.5) is 26.3 Å². The standard InChI is InChI=1S/C9H4F6N2/c10-6-4(1-2-16)3-17-7(8(11)12)5(6)9(13,14)15/h3,8H,1H2. The molecule has 0 saturated heterocycles. The molecule has 0 atom stereocenters. The Morgan fingerprint density at radius 3 is 2.35 bits per heavy atom. The molecule has 0 aliphatic carbocycles. The van der Waals surface area contributed by atoms with Crippen molar-refractivity contribution in [2.45, 2.75) is 19.0 Å². The molecule has 1 rings (SSSR count). The van der Waals surface area contributed by atoms with Crippen molar-refractivity contribution in [2.24, 2.45) is 0 Å². The zero-order valence-corrected chi connectivity index (χ0v) is 8.02. The number of halogens is 6. The number of aromatic nitrogens is 1. The van der Waals surface area contributed by atoms with Crippen molar-refractivity contribution in [1.82, 2.24) is 4.98 Å². The van der Waals surface area contributed by atoms with Crippen LogP contribution in [0.1, 0.15) is 23.2 Å². The molecule has 0 unspecified atom stereocenters. The van der Waals surface area contributed by atoms with E-state index in [1.807, 2.05) is 0 Å². The van der Waals surface area contributed by atoms with E-state index in [2.05, 4.69) is 4.98 Å². The normalized spacial score (nSPS) is 11.6. The van der Waals surface area contributed by atoms with E-state index in [1.54, 1.807) is 0 Å². The molecule has 8 heteroatoms. The van der Waals surface area contributed by atoms with Gasteiger partial charge in [-0.2, -0.15) is 18.4 Å². The summed E-state index contributed by atoms with van der Waals surface area (Å²) in [5.74, 6) is -1.87. The highest BCUT2D eigenvalue weighted by atomic mass is 19.4. The molecule has 92 valence electrons. The van der Waals surface area contributed by atoms with Crippen molar-refractivity contribution in [1.29, 1.82) is 5.26 Å². The molecular weight excluding hydrogens is 250 g/mol. The molecule has 0 spiro atoms. The highest BCUT2D eigenvalue weighted by Crippen LogP contribution is 2.37. The summed E-state index contributed by atoms with van der Waals surface area (Å²) < 4.78 is 75.0. The largest absolute Gasteiger partial charge is 0.421 e. The van der Waals surface area contributed by atoms with E-state index in [9.17, 15) is 26.3 Å². The van der Waals surface area contributed by atoms with Gasteiger partial charge in [0.2, 0.25) is 0 Å². The van der Waals surface area contributed by atoms with Crippen molar-refractivity contribution in [3.05, 3.63) is 28.8 Å². The third kappa shape index (κ3) is 2.67. The van der Waals surface area contributed by atoms with E-state index in [0.29, 0.717) is 6.20 Å². The Labute approximate surface area is 91.5 Å². The maximum atomic E-state index is 13.3. The van der Waals surface area contributed by atoms with E-state index < -0.39 is 41.7 Å². The van der Waals surface area contributed by atoms with Gasteiger partial charge < -0.3 is 0 Å². The second-order valence-corrected chi connectivity index (χ2v) is 2.99. The van der Waals surface area contributed by atoms with Gasteiger partial charge in [-0.15, -0.1) is 0 Å². The average molecular weight is 254 g/mol. The Morgan fingerprint density at radius 1 is 1.35 bits per heavy atom. The number of alkyl halides is 5. The van der Waals surface area contributed by atoms with Gasteiger partial charge in [0.15, 0.2) is 0 Å². The maximum Gasteiger partial charge on any atom is 0.421 e. The summed E-state index contributed by atoms with van der Waals surface area (Å²) in [6, 6.07) is 1.42. The number of hydrogen-bond donors (Lipinski definition) is 0. The fourth-order valence-electron chi connectivity index (χ4n) is 1.19. The van der Waals surface area contributed by atoms with Gasteiger partial charge in [0.25, 0.3) is 6.43 Å². The van der Waals surface area contributed by atoms with Crippen LogP contribution in [0.5, 0.6) is 0 Å². The van der Waals surface area contributed by atoms with Crippen molar-refractivity contribution >= 4 is 0 Å². The van der Waals surface area contributed by atoms with Gasteiger partial charge in [0, 0.05) is 11.8 Å². The average Bonchev–Trinajstić information content (AvgIpc) is 2.18. The molecular formula is C9H4F6N2. The lowest BCUT2D eigenvalue weighted by molar-refractivity contribution is -0.142. The van der Waals surface area contributed by atoms with Gasteiger partial charge in [-0.25, -0.2) is 13.2 Å². The fourth-order valence-corrected chi connectivity index (χ4v) is 1.19.